The largest absolute Gasteiger partial charge is 0.368 e. The fourth-order valence-corrected chi connectivity index (χ4v) is 2.28. The Morgan fingerprint density at radius 3 is 2.90 bits per heavy atom. The van der Waals surface area contributed by atoms with E-state index in [-0.39, 0.29) is 11.1 Å². The van der Waals surface area contributed by atoms with Gasteiger partial charge in [0.1, 0.15) is 11.9 Å². The van der Waals surface area contributed by atoms with Gasteiger partial charge in [0.05, 0.1) is 19.0 Å². The van der Waals surface area contributed by atoms with E-state index in [1.165, 1.54) is 6.33 Å². The van der Waals surface area contributed by atoms with Crippen molar-refractivity contribution in [1.82, 2.24) is 19.5 Å². The molecule has 1 atom stereocenters. The van der Waals surface area contributed by atoms with Crippen molar-refractivity contribution in [3.05, 3.63) is 11.5 Å². The van der Waals surface area contributed by atoms with Crippen LogP contribution < -0.4 is 5.73 Å². The first-order valence-electron chi connectivity index (χ1n) is 5.56. The number of hydrogen-bond donors (Lipinski definition) is 3. The van der Waals surface area contributed by atoms with Crippen molar-refractivity contribution >= 4 is 36.3 Å². The summed E-state index contributed by atoms with van der Waals surface area (Å²) < 4.78 is 17.4. The summed E-state index contributed by atoms with van der Waals surface area (Å²) >= 11 is 5.89. The van der Waals surface area contributed by atoms with Gasteiger partial charge in [-0.1, -0.05) is 11.6 Å². The maximum Gasteiger partial charge on any atom is 0.350 e. The molecular weight excluding hydrogens is 309 g/mol. The second-order valence-corrected chi connectivity index (χ2v) is 6.16. The molecule has 110 valence electrons. The standard InChI is InChI=1S/C9H13ClN5O4P/c1-5(19-4-20(16,17)18)2-15-3-12-6-7(10)13-9(11)14-8(6)15/h3,5H,2,4H2,1H3,(H2,11,13,14)(H2,16,17,18)/t5-/m1/s1. The normalized spacial score (nSPS) is 13.8. The van der Waals surface area contributed by atoms with Crippen LogP contribution in [0.3, 0.4) is 0 Å². The molecule has 2 aromatic heterocycles. The van der Waals surface area contributed by atoms with E-state index in [4.69, 9.17) is 31.9 Å². The van der Waals surface area contributed by atoms with E-state index in [1.807, 2.05) is 0 Å². The van der Waals surface area contributed by atoms with Gasteiger partial charge in [0.2, 0.25) is 5.95 Å². The molecule has 11 heteroatoms. The topological polar surface area (TPSA) is 136 Å². The highest BCUT2D eigenvalue weighted by atomic mass is 35.5. The molecule has 0 amide bonds. The molecule has 0 saturated heterocycles. The fourth-order valence-electron chi connectivity index (χ4n) is 1.61. The van der Waals surface area contributed by atoms with E-state index in [0.717, 1.165) is 0 Å². The number of aromatic nitrogens is 4. The van der Waals surface area contributed by atoms with Crippen LogP contribution in [0.2, 0.25) is 5.15 Å². The van der Waals surface area contributed by atoms with Gasteiger partial charge in [0.15, 0.2) is 10.8 Å². The van der Waals surface area contributed by atoms with Gasteiger partial charge >= 0.3 is 7.60 Å². The first kappa shape index (κ1) is 15.1. The Kier molecular flexibility index (Phi) is 4.26. The van der Waals surface area contributed by atoms with Crippen molar-refractivity contribution < 1.29 is 19.1 Å². The van der Waals surface area contributed by atoms with Crippen LogP contribution in [0.5, 0.6) is 0 Å². The zero-order chi connectivity index (χ0) is 14.9. The predicted molar refractivity (Wildman–Crippen MR) is 72.2 cm³/mol. The summed E-state index contributed by atoms with van der Waals surface area (Å²) in [7, 11) is -4.19. The smallest absolute Gasteiger partial charge is 0.350 e. The van der Waals surface area contributed by atoms with Crippen molar-refractivity contribution in [2.75, 3.05) is 12.1 Å². The number of anilines is 1. The number of nitrogen functional groups attached to an aromatic ring is 1. The second kappa shape index (κ2) is 5.63. The highest BCUT2D eigenvalue weighted by molar-refractivity contribution is 7.51. The van der Waals surface area contributed by atoms with Gasteiger partial charge in [-0.3, -0.25) is 4.57 Å². The van der Waals surface area contributed by atoms with Gasteiger partial charge in [-0.15, -0.1) is 0 Å². The van der Waals surface area contributed by atoms with E-state index in [1.54, 1.807) is 11.5 Å². The highest BCUT2D eigenvalue weighted by Crippen LogP contribution is 2.34. The predicted octanol–water partition coefficient (Wildman–Crippen LogP) is 0.602. The zero-order valence-electron chi connectivity index (χ0n) is 10.5. The number of ether oxygens (including phenoxy) is 1. The van der Waals surface area contributed by atoms with Gasteiger partial charge in [0, 0.05) is 0 Å². The lowest BCUT2D eigenvalue weighted by atomic mass is 10.4. The van der Waals surface area contributed by atoms with E-state index in [2.05, 4.69) is 15.0 Å². The molecule has 0 aliphatic rings. The molecule has 0 bridgehead atoms. The number of imidazole rings is 1. The monoisotopic (exact) mass is 321 g/mol. The third-order valence-corrected chi connectivity index (χ3v) is 3.17. The van der Waals surface area contributed by atoms with Crippen LogP contribution in [0.4, 0.5) is 5.95 Å². The summed E-state index contributed by atoms with van der Waals surface area (Å²) in [6.45, 7) is 1.97. The zero-order valence-corrected chi connectivity index (χ0v) is 12.1. The molecule has 0 aromatic carbocycles. The number of hydrogen-bond acceptors (Lipinski definition) is 6. The first-order valence-corrected chi connectivity index (χ1v) is 7.74. The van der Waals surface area contributed by atoms with Crippen LogP contribution in [0.1, 0.15) is 6.92 Å². The maximum absolute atomic E-state index is 10.7. The van der Waals surface area contributed by atoms with Crippen LogP contribution in [0, 0.1) is 0 Å². The molecule has 4 N–H and O–H groups in total. The Morgan fingerprint density at radius 1 is 1.55 bits per heavy atom. The molecule has 0 saturated carbocycles. The van der Waals surface area contributed by atoms with Crippen LogP contribution in [-0.4, -0.2) is 41.8 Å². The van der Waals surface area contributed by atoms with E-state index >= 15 is 0 Å². The fraction of sp³-hybridized carbons (Fsp3) is 0.444. The summed E-state index contributed by atoms with van der Waals surface area (Å²) in [4.78, 5) is 29.4. The van der Waals surface area contributed by atoms with E-state index in [9.17, 15) is 4.57 Å². The summed E-state index contributed by atoms with van der Waals surface area (Å²) in [5.74, 6) is 0.0213. The van der Waals surface area contributed by atoms with Gasteiger partial charge in [0.25, 0.3) is 0 Å². The quantitative estimate of drug-likeness (QED) is 0.538. The molecule has 0 aliphatic heterocycles. The van der Waals surface area contributed by atoms with Gasteiger partial charge in [-0.05, 0) is 6.92 Å². The van der Waals surface area contributed by atoms with Crippen molar-refractivity contribution in [2.45, 2.75) is 19.6 Å². The average Bonchev–Trinajstić information content (AvgIpc) is 2.69. The number of fused-ring (bicyclic) bond motifs is 1. The van der Waals surface area contributed by atoms with Crippen molar-refractivity contribution in [2.24, 2.45) is 0 Å². The molecule has 2 aromatic rings. The minimum absolute atomic E-state index is 0.0213. The third-order valence-electron chi connectivity index (χ3n) is 2.42. The molecule has 20 heavy (non-hydrogen) atoms. The molecule has 0 spiro atoms. The summed E-state index contributed by atoms with van der Waals surface area (Å²) in [6, 6.07) is 0. The minimum atomic E-state index is -4.19. The first-order chi connectivity index (χ1) is 9.26. The lowest BCUT2D eigenvalue weighted by Crippen LogP contribution is -2.17. The Balaban J connectivity index is 2.16. The number of nitrogens with zero attached hydrogens (tertiary/aromatic N) is 4. The molecular formula is C9H13ClN5O4P. The SMILES string of the molecule is C[C@H](Cn1cnc2c(Cl)nc(N)nc21)OCP(=O)(O)O. The number of nitrogens with two attached hydrogens (primary N) is 1. The van der Waals surface area contributed by atoms with Gasteiger partial charge in [-0.2, -0.15) is 9.97 Å². The highest BCUT2D eigenvalue weighted by Gasteiger charge is 2.17. The Hall–Kier alpha value is -1.25. The maximum atomic E-state index is 10.7. The molecule has 0 radical (unpaired) electrons. The summed E-state index contributed by atoms with van der Waals surface area (Å²) in [5, 5.41) is 0.148. The van der Waals surface area contributed by atoms with Crippen LogP contribution in [0.15, 0.2) is 6.33 Å². The Bertz CT molecular complexity index is 672. The Labute approximate surface area is 118 Å². The van der Waals surface area contributed by atoms with Gasteiger partial charge < -0.3 is 24.8 Å². The molecule has 2 rings (SSSR count). The summed E-state index contributed by atoms with van der Waals surface area (Å²) in [5.41, 5.74) is 6.36. The van der Waals surface area contributed by atoms with E-state index < -0.39 is 20.0 Å². The minimum Gasteiger partial charge on any atom is -0.368 e. The summed E-state index contributed by atoms with van der Waals surface area (Å²) in [6.07, 6.45) is 0.399. The molecule has 0 aliphatic carbocycles. The van der Waals surface area contributed by atoms with Crippen molar-refractivity contribution in [3.8, 4) is 0 Å². The molecule has 0 fully saturated rings. The lowest BCUT2D eigenvalue weighted by molar-refractivity contribution is 0.0764. The molecule has 2 heterocycles. The van der Waals surface area contributed by atoms with Crippen LogP contribution in [-0.2, 0) is 15.8 Å². The van der Waals surface area contributed by atoms with Crippen LogP contribution >= 0.6 is 19.2 Å². The van der Waals surface area contributed by atoms with Crippen LogP contribution in [0.25, 0.3) is 11.2 Å². The van der Waals surface area contributed by atoms with E-state index in [0.29, 0.717) is 17.7 Å². The average molecular weight is 322 g/mol. The third kappa shape index (κ3) is 3.65. The number of rotatable bonds is 5. The van der Waals surface area contributed by atoms with Crippen molar-refractivity contribution in [1.29, 1.82) is 0 Å². The second-order valence-electron chi connectivity index (χ2n) is 4.21. The Morgan fingerprint density at radius 2 is 2.25 bits per heavy atom. The van der Waals surface area contributed by atoms with Crippen molar-refractivity contribution in [3.63, 3.8) is 0 Å². The lowest BCUT2D eigenvalue weighted by Gasteiger charge is -2.14. The molecule has 0 unspecified atom stereocenters. The van der Waals surface area contributed by atoms with Gasteiger partial charge in [-0.25, -0.2) is 4.98 Å². The molecule has 9 nitrogen and oxygen atoms in total. The number of halogens is 1.